The third-order valence-corrected chi connectivity index (χ3v) is 11.3. The van der Waals surface area contributed by atoms with Crippen LogP contribution in [0, 0.1) is 5.92 Å². The number of rotatable bonds is 8. The van der Waals surface area contributed by atoms with Gasteiger partial charge in [-0.2, -0.15) is 4.31 Å². The number of aliphatic hydroxyl groups is 1. The third-order valence-electron chi connectivity index (χ3n) is 7.02. The lowest BCUT2D eigenvalue weighted by Gasteiger charge is -2.38. The molecule has 41 heavy (non-hydrogen) atoms. The first kappa shape index (κ1) is 29.1. The van der Waals surface area contributed by atoms with Gasteiger partial charge in [0.25, 0.3) is 21.8 Å². The normalized spacial score (nSPS) is 18.5. The minimum absolute atomic E-state index is 0.00345. The van der Waals surface area contributed by atoms with Crippen LogP contribution in [0.25, 0.3) is 10.2 Å². The Bertz CT molecular complexity index is 1640. The number of likely N-dealkylation sites (N-methyl/N-ethyl adjacent to an activating group) is 1. The summed E-state index contributed by atoms with van der Waals surface area (Å²) in [5.74, 6) is -1.00. The first-order valence-corrected chi connectivity index (χ1v) is 16.1. The van der Waals surface area contributed by atoms with Crippen molar-refractivity contribution in [2.24, 2.45) is 5.92 Å². The van der Waals surface area contributed by atoms with Crippen LogP contribution in [0.3, 0.4) is 0 Å². The number of ether oxygens (including phenoxy) is 1. The van der Waals surface area contributed by atoms with Crippen molar-refractivity contribution in [3.05, 3.63) is 70.5 Å². The third kappa shape index (κ3) is 5.86. The lowest BCUT2D eigenvalue weighted by Crippen LogP contribution is -2.50. The van der Waals surface area contributed by atoms with E-state index in [1.807, 2.05) is 31.2 Å². The molecule has 0 fully saturated rings. The van der Waals surface area contributed by atoms with Gasteiger partial charge in [-0.05, 0) is 42.6 Å². The topological polar surface area (TPSA) is 129 Å². The smallest absolute Gasteiger partial charge is 0.284 e. The summed E-state index contributed by atoms with van der Waals surface area (Å²) >= 11 is 2.38. The van der Waals surface area contributed by atoms with E-state index in [2.05, 4.69) is 10.3 Å². The van der Waals surface area contributed by atoms with Gasteiger partial charge in [-0.25, -0.2) is 13.4 Å². The number of nitrogens with zero attached hydrogens (tertiary/aromatic N) is 3. The first-order valence-electron chi connectivity index (χ1n) is 13.0. The van der Waals surface area contributed by atoms with Crippen LogP contribution in [-0.4, -0.2) is 78.4 Å². The molecule has 2 aromatic heterocycles. The number of carbonyl (C=O) groups is 2. The number of amides is 2. The fraction of sp³-hybridized carbons (Fsp3) is 0.321. The Kier molecular flexibility index (Phi) is 8.43. The zero-order valence-corrected chi connectivity index (χ0v) is 25.1. The molecule has 3 heterocycles. The molecule has 4 aromatic rings. The molecule has 2 N–H and O–H groups in total. The largest absolute Gasteiger partial charge is 0.486 e. The van der Waals surface area contributed by atoms with E-state index in [1.54, 1.807) is 47.5 Å². The van der Waals surface area contributed by atoms with Gasteiger partial charge in [-0.1, -0.05) is 31.2 Å². The average molecular weight is 615 g/mol. The summed E-state index contributed by atoms with van der Waals surface area (Å²) in [5, 5.41) is 14.7. The first-order chi connectivity index (χ1) is 19.6. The molecule has 5 rings (SSSR count). The number of hydrogen-bond acceptors (Lipinski definition) is 9. The van der Waals surface area contributed by atoms with Crippen molar-refractivity contribution in [1.82, 2.24) is 14.2 Å². The van der Waals surface area contributed by atoms with Crippen LogP contribution in [0.1, 0.15) is 34.0 Å². The Morgan fingerprint density at radius 2 is 2.00 bits per heavy atom. The summed E-state index contributed by atoms with van der Waals surface area (Å²) in [5.41, 5.74) is 1.17. The Morgan fingerprint density at radius 3 is 2.71 bits per heavy atom. The monoisotopic (exact) mass is 614 g/mol. The van der Waals surface area contributed by atoms with Gasteiger partial charge >= 0.3 is 0 Å². The Balaban J connectivity index is 1.51. The highest BCUT2D eigenvalue weighted by Crippen LogP contribution is 2.36. The highest BCUT2D eigenvalue weighted by molar-refractivity contribution is 7.91. The number of anilines is 1. The Hall–Kier alpha value is -3.36. The number of carbonyl (C=O) groups excluding carboxylic acids is 2. The molecule has 1 aliphatic heterocycles. The molecule has 0 unspecified atom stereocenters. The van der Waals surface area contributed by atoms with E-state index in [9.17, 15) is 23.1 Å². The number of benzene rings is 2. The molecule has 0 radical (unpaired) electrons. The number of para-hydroxylation sites is 2. The van der Waals surface area contributed by atoms with Crippen molar-refractivity contribution in [2.75, 3.05) is 32.1 Å². The van der Waals surface area contributed by atoms with Gasteiger partial charge < -0.3 is 20.1 Å². The second-order valence-electron chi connectivity index (χ2n) is 9.96. The molecule has 0 saturated heterocycles. The zero-order chi connectivity index (χ0) is 29.3. The summed E-state index contributed by atoms with van der Waals surface area (Å²) < 4.78 is 35.2. The second kappa shape index (κ2) is 11.9. The van der Waals surface area contributed by atoms with Crippen molar-refractivity contribution >= 4 is 60.4 Å². The van der Waals surface area contributed by atoms with Gasteiger partial charge in [0.2, 0.25) is 0 Å². The lowest BCUT2D eigenvalue weighted by molar-refractivity contribution is 0.0388. The van der Waals surface area contributed by atoms with E-state index in [0.29, 0.717) is 5.52 Å². The SMILES string of the molecule is C[C@H]1CN([C@@H](C)CO)C(=O)c2cccc(NC(=O)c3nc4ccccc4s3)c2O[C@@H]1CN(C)S(=O)(=O)c1cccs1. The van der Waals surface area contributed by atoms with Crippen LogP contribution in [0.5, 0.6) is 5.75 Å². The fourth-order valence-corrected chi connectivity index (χ4v) is 7.87. The van der Waals surface area contributed by atoms with Crippen molar-refractivity contribution in [1.29, 1.82) is 0 Å². The number of nitrogens with one attached hydrogen (secondary N) is 1. The maximum Gasteiger partial charge on any atom is 0.284 e. The molecule has 2 amide bonds. The van der Waals surface area contributed by atoms with Crippen molar-refractivity contribution < 1.29 is 27.9 Å². The average Bonchev–Trinajstić information content (AvgIpc) is 3.66. The number of hydrogen-bond donors (Lipinski definition) is 2. The van der Waals surface area contributed by atoms with Crippen LogP contribution in [-0.2, 0) is 10.0 Å². The van der Waals surface area contributed by atoms with E-state index in [4.69, 9.17) is 4.74 Å². The predicted molar refractivity (Wildman–Crippen MR) is 159 cm³/mol. The van der Waals surface area contributed by atoms with Gasteiger partial charge in [-0.3, -0.25) is 9.59 Å². The molecular formula is C28H30N4O6S3. The molecule has 3 atom stereocenters. The van der Waals surface area contributed by atoms with Crippen molar-refractivity contribution in [3.8, 4) is 5.75 Å². The maximum absolute atomic E-state index is 13.7. The van der Waals surface area contributed by atoms with E-state index in [0.717, 1.165) is 16.0 Å². The van der Waals surface area contributed by atoms with Crippen molar-refractivity contribution in [3.63, 3.8) is 0 Å². The van der Waals surface area contributed by atoms with Crippen LogP contribution in [0.2, 0.25) is 0 Å². The minimum Gasteiger partial charge on any atom is -0.486 e. The van der Waals surface area contributed by atoms with E-state index in [-0.39, 0.29) is 57.7 Å². The summed E-state index contributed by atoms with van der Waals surface area (Å²) in [6.07, 6.45) is -0.685. The molecule has 1 aliphatic rings. The summed E-state index contributed by atoms with van der Waals surface area (Å²) in [6.45, 7) is 3.60. The zero-order valence-electron chi connectivity index (χ0n) is 22.7. The van der Waals surface area contributed by atoms with Crippen LogP contribution >= 0.6 is 22.7 Å². The molecule has 10 nitrogen and oxygen atoms in total. The quantitative estimate of drug-likeness (QED) is 0.305. The number of thiophene rings is 1. The Morgan fingerprint density at radius 1 is 1.22 bits per heavy atom. The number of fused-ring (bicyclic) bond motifs is 2. The number of sulfonamides is 1. The standard InChI is InChI=1S/C28H30N4O6S3/c1-17-14-32(18(2)16-33)28(35)19-8-6-10-21(29-26(34)27-30-20-9-4-5-11-23(20)40-27)25(19)38-22(17)15-31(3)41(36,37)24-12-7-13-39-24/h4-13,17-18,22,33H,14-16H2,1-3H3,(H,29,34)/t17-,18-,22+/m0/s1. The van der Waals surface area contributed by atoms with Gasteiger partial charge in [0.15, 0.2) is 10.8 Å². The summed E-state index contributed by atoms with van der Waals surface area (Å²) in [4.78, 5) is 33.0. The predicted octanol–water partition coefficient (Wildman–Crippen LogP) is 4.15. The highest BCUT2D eigenvalue weighted by Gasteiger charge is 2.36. The van der Waals surface area contributed by atoms with Crippen LogP contribution < -0.4 is 10.1 Å². The number of aliphatic hydroxyl groups excluding tert-OH is 1. The summed E-state index contributed by atoms with van der Waals surface area (Å²) in [7, 11) is -2.27. The van der Waals surface area contributed by atoms with Crippen LogP contribution in [0.15, 0.2) is 64.2 Å². The molecule has 2 aromatic carbocycles. The minimum atomic E-state index is -3.77. The molecule has 0 spiro atoms. The molecular weight excluding hydrogens is 585 g/mol. The number of aromatic nitrogens is 1. The second-order valence-corrected chi connectivity index (χ2v) is 14.2. The highest BCUT2D eigenvalue weighted by atomic mass is 32.2. The summed E-state index contributed by atoms with van der Waals surface area (Å²) in [6, 6.07) is 15.0. The van der Waals surface area contributed by atoms with Gasteiger partial charge in [0.1, 0.15) is 10.3 Å². The van der Waals surface area contributed by atoms with Gasteiger partial charge in [0, 0.05) is 19.5 Å². The van der Waals surface area contributed by atoms with E-state index < -0.39 is 28.1 Å². The van der Waals surface area contributed by atoms with E-state index in [1.165, 1.54) is 22.7 Å². The fourth-order valence-electron chi connectivity index (χ4n) is 4.62. The number of thiazole rings is 1. The lowest BCUT2D eigenvalue weighted by atomic mass is 9.99. The maximum atomic E-state index is 13.7. The van der Waals surface area contributed by atoms with Gasteiger partial charge in [-0.15, -0.1) is 22.7 Å². The molecule has 216 valence electrons. The molecule has 13 heteroatoms. The van der Waals surface area contributed by atoms with Crippen molar-refractivity contribution in [2.45, 2.75) is 30.2 Å². The van der Waals surface area contributed by atoms with Crippen LogP contribution in [0.4, 0.5) is 5.69 Å². The molecule has 0 aliphatic carbocycles. The van der Waals surface area contributed by atoms with Gasteiger partial charge in [0.05, 0.1) is 40.7 Å². The molecule has 0 saturated carbocycles. The molecule has 0 bridgehead atoms. The van der Waals surface area contributed by atoms with E-state index >= 15 is 0 Å². The Labute approximate surface area is 246 Å².